The molecule has 4 N–H and O–H groups in total. The van der Waals surface area contributed by atoms with E-state index in [1.54, 1.807) is 4.68 Å². The summed E-state index contributed by atoms with van der Waals surface area (Å²) in [6.07, 6.45) is 8.55. The molecule has 90 valence electrons. The van der Waals surface area contributed by atoms with Gasteiger partial charge in [0.05, 0.1) is 5.69 Å². The second-order valence-corrected chi connectivity index (χ2v) is 4.71. The van der Waals surface area contributed by atoms with Gasteiger partial charge in [-0.15, -0.1) is 0 Å². The topological polar surface area (TPSA) is 69.9 Å². The van der Waals surface area contributed by atoms with Crippen LogP contribution >= 0.6 is 0 Å². The predicted molar refractivity (Wildman–Crippen MR) is 66.6 cm³/mol. The van der Waals surface area contributed by atoms with Gasteiger partial charge in [-0.05, 0) is 12.8 Å². The summed E-state index contributed by atoms with van der Waals surface area (Å²) in [5, 5.41) is 0. The summed E-state index contributed by atoms with van der Waals surface area (Å²) in [6.45, 7) is 2.06. The Morgan fingerprint density at radius 3 is 2.38 bits per heavy atom. The van der Waals surface area contributed by atoms with Crippen LogP contribution < -0.4 is 11.6 Å². The average Bonchev–Trinajstić information content (AvgIpc) is 2.52. The molecular weight excluding hydrogens is 200 g/mol. The molecule has 2 rings (SSSR count). The lowest BCUT2D eigenvalue weighted by molar-refractivity contribution is 0.580. The first-order chi connectivity index (χ1) is 7.74. The Morgan fingerprint density at radius 2 is 1.88 bits per heavy atom. The van der Waals surface area contributed by atoms with E-state index in [0.717, 1.165) is 17.9 Å². The molecule has 0 saturated heterocycles. The van der Waals surface area contributed by atoms with Crippen LogP contribution in [0.5, 0.6) is 0 Å². The molecule has 1 aromatic heterocycles. The average molecular weight is 222 g/mol. The van der Waals surface area contributed by atoms with E-state index in [2.05, 4.69) is 11.9 Å². The Balaban J connectivity index is 2.24. The number of hydrogen-bond acceptors (Lipinski definition) is 3. The summed E-state index contributed by atoms with van der Waals surface area (Å²) < 4.78 is 1.56. The predicted octanol–water partition coefficient (Wildman–Crippen LogP) is 2.18. The van der Waals surface area contributed by atoms with Crippen molar-refractivity contribution in [2.24, 2.45) is 0 Å². The molecular formula is C12H22N4. The molecule has 0 unspecified atom stereocenters. The van der Waals surface area contributed by atoms with Crippen LogP contribution in [-0.4, -0.2) is 9.66 Å². The molecule has 0 aromatic carbocycles. The summed E-state index contributed by atoms with van der Waals surface area (Å²) in [6, 6.07) is 0. The molecule has 16 heavy (non-hydrogen) atoms. The van der Waals surface area contributed by atoms with Crippen LogP contribution in [0.25, 0.3) is 0 Å². The third kappa shape index (κ3) is 2.01. The van der Waals surface area contributed by atoms with Crippen molar-refractivity contribution in [3.05, 3.63) is 11.5 Å². The fourth-order valence-electron chi connectivity index (χ4n) is 2.62. The van der Waals surface area contributed by atoms with Gasteiger partial charge in [0.1, 0.15) is 11.6 Å². The summed E-state index contributed by atoms with van der Waals surface area (Å²) in [5.41, 5.74) is 7.08. The van der Waals surface area contributed by atoms with Crippen molar-refractivity contribution in [2.75, 3.05) is 11.6 Å². The second-order valence-electron chi connectivity index (χ2n) is 4.71. The summed E-state index contributed by atoms with van der Waals surface area (Å²) in [5.74, 6) is 7.98. The minimum absolute atomic E-state index is 0.526. The van der Waals surface area contributed by atoms with E-state index in [4.69, 9.17) is 11.6 Å². The number of aryl methyl sites for hydroxylation is 1. The normalized spacial score (nSPS) is 18.6. The van der Waals surface area contributed by atoms with Crippen LogP contribution in [0.2, 0.25) is 0 Å². The van der Waals surface area contributed by atoms with Gasteiger partial charge < -0.3 is 11.6 Å². The number of anilines is 1. The highest BCUT2D eigenvalue weighted by molar-refractivity contribution is 5.40. The van der Waals surface area contributed by atoms with Gasteiger partial charge >= 0.3 is 0 Å². The Labute approximate surface area is 97.0 Å². The third-order valence-corrected chi connectivity index (χ3v) is 3.61. The maximum absolute atomic E-state index is 6.04. The lowest BCUT2D eigenvalue weighted by atomic mass is 9.97. The number of imidazole rings is 1. The van der Waals surface area contributed by atoms with Gasteiger partial charge in [-0.1, -0.05) is 32.6 Å². The third-order valence-electron chi connectivity index (χ3n) is 3.61. The number of nitrogens with zero attached hydrogens (tertiary/aromatic N) is 2. The molecule has 0 aliphatic heterocycles. The van der Waals surface area contributed by atoms with Gasteiger partial charge in [0.15, 0.2) is 0 Å². The van der Waals surface area contributed by atoms with Crippen molar-refractivity contribution < 1.29 is 0 Å². The molecule has 0 amide bonds. The maximum atomic E-state index is 6.04. The largest absolute Gasteiger partial charge is 0.382 e. The van der Waals surface area contributed by atoms with Gasteiger partial charge in [-0.2, -0.15) is 0 Å². The van der Waals surface area contributed by atoms with Crippen molar-refractivity contribution in [2.45, 2.75) is 57.8 Å². The Hall–Kier alpha value is -1.19. The number of nitrogen functional groups attached to an aromatic ring is 2. The second kappa shape index (κ2) is 4.76. The number of aromatic nitrogens is 2. The summed E-state index contributed by atoms with van der Waals surface area (Å²) >= 11 is 0. The van der Waals surface area contributed by atoms with Crippen molar-refractivity contribution in [1.29, 1.82) is 0 Å². The Morgan fingerprint density at radius 1 is 1.25 bits per heavy atom. The van der Waals surface area contributed by atoms with Gasteiger partial charge in [0.25, 0.3) is 0 Å². The zero-order valence-corrected chi connectivity index (χ0v) is 10.1. The first-order valence-corrected chi connectivity index (χ1v) is 6.36. The summed E-state index contributed by atoms with van der Waals surface area (Å²) in [7, 11) is 0. The van der Waals surface area contributed by atoms with E-state index in [1.807, 2.05) is 0 Å². The van der Waals surface area contributed by atoms with Crippen LogP contribution in [0.3, 0.4) is 0 Å². The number of nitrogens with two attached hydrogens (primary N) is 2. The van der Waals surface area contributed by atoms with E-state index in [0.29, 0.717) is 11.7 Å². The zero-order valence-electron chi connectivity index (χ0n) is 10.1. The standard InChI is InChI=1S/C12H22N4/c1-2-10-15-11(12(13)16(10)14)9-7-5-3-4-6-8-9/h9H,2-8,13-14H2,1H3. The fourth-order valence-corrected chi connectivity index (χ4v) is 2.62. The molecule has 1 aliphatic rings. The number of hydrogen-bond donors (Lipinski definition) is 2. The molecule has 1 saturated carbocycles. The van der Waals surface area contributed by atoms with E-state index < -0.39 is 0 Å². The Bertz CT molecular complexity index is 348. The molecule has 1 heterocycles. The lowest BCUT2D eigenvalue weighted by Crippen LogP contribution is -2.15. The zero-order chi connectivity index (χ0) is 11.5. The quantitative estimate of drug-likeness (QED) is 0.595. The van der Waals surface area contributed by atoms with Gasteiger partial charge in [-0.25, -0.2) is 9.66 Å². The first kappa shape index (κ1) is 11.3. The summed E-state index contributed by atoms with van der Waals surface area (Å²) in [4.78, 5) is 4.61. The molecule has 1 aliphatic carbocycles. The van der Waals surface area contributed by atoms with Gasteiger partial charge in [0, 0.05) is 12.3 Å². The van der Waals surface area contributed by atoms with Crippen LogP contribution in [0.4, 0.5) is 5.82 Å². The van der Waals surface area contributed by atoms with Crippen molar-refractivity contribution in [3.8, 4) is 0 Å². The minimum atomic E-state index is 0.526. The highest BCUT2D eigenvalue weighted by Crippen LogP contribution is 2.33. The smallest absolute Gasteiger partial charge is 0.146 e. The molecule has 0 spiro atoms. The lowest BCUT2D eigenvalue weighted by Gasteiger charge is -2.11. The van der Waals surface area contributed by atoms with Crippen LogP contribution in [0.15, 0.2) is 0 Å². The molecule has 0 atom stereocenters. The Kier molecular flexibility index (Phi) is 3.36. The van der Waals surface area contributed by atoms with Crippen molar-refractivity contribution in [1.82, 2.24) is 9.66 Å². The molecule has 4 nitrogen and oxygen atoms in total. The monoisotopic (exact) mass is 222 g/mol. The fraction of sp³-hybridized carbons (Fsp3) is 0.750. The van der Waals surface area contributed by atoms with E-state index in [1.165, 1.54) is 38.5 Å². The molecule has 1 aromatic rings. The minimum Gasteiger partial charge on any atom is -0.382 e. The van der Waals surface area contributed by atoms with Crippen LogP contribution in [0, 0.1) is 0 Å². The first-order valence-electron chi connectivity index (χ1n) is 6.36. The van der Waals surface area contributed by atoms with Crippen molar-refractivity contribution >= 4 is 5.82 Å². The SMILES string of the molecule is CCc1nc(C2CCCCCC2)c(N)n1N. The van der Waals surface area contributed by atoms with Crippen molar-refractivity contribution in [3.63, 3.8) is 0 Å². The molecule has 0 bridgehead atoms. The van der Waals surface area contributed by atoms with E-state index >= 15 is 0 Å². The maximum Gasteiger partial charge on any atom is 0.146 e. The van der Waals surface area contributed by atoms with E-state index in [-0.39, 0.29) is 0 Å². The van der Waals surface area contributed by atoms with E-state index in [9.17, 15) is 0 Å². The molecule has 1 fully saturated rings. The highest BCUT2D eigenvalue weighted by atomic mass is 15.4. The number of rotatable bonds is 2. The molecule has 0 radical (unpaired) electrons. The van der Waals surface area contributed by atoms with Crippen LogP contribution in [-0.2, 0) is 6.42 Å². The van der Waals surface area contributed by atoms with Gasteiger partial charge in [0.2, 0.25) is 0 Å². The van der Waals surface area contributed by atoms with Crippen LogP contribution in [0.1, 0.15) is 62.9 Å². The van der Waals surface area contributed by atoms with Gasteiger partial charge in [-0.3, -0.25) is 0 Å². The highest BCUT2D eigenvalue weighted by Gasteiger charge is 2.22. The molecule has 4 heteroatoms.